The molecule has 0 heterocycles. The number of benzene rings is 2. The lowest BCUT2D eigenvalue weighted by Gasteiger charge is -2.20. The molecule has 1 atom stereocenters. The zero-order chi connectivity index (χ0) is 15.2. The molecular formula is C17H24N4. The van der Waals surface area contributed by atoms with Crippen LogP contribution in [-0.4, -0.2) is 38.0 Å². The summed E-state index contributed by atoms with van der Waals surface area (Å²) in [5.41, 5.74) is 12.3. The molecule has 0 aliphatic rings. The van der Waals surface area contributed by atoms with E-state index in [0.717, 1.165) is 13.0 Å². The van der Waals surface area contributed by atoms with Gasteiger partial charge in [-0.15, -0.1) is 0 Å². The maximum atomic E-state index is 5.50. The highest BCUT2D eigenvalue weighted by molar-refractivity contribution is 5.86. The summed E-state index contributed by atoms with van der Waals surface area (Å²) in [6.07, 6.45) is 1.03. The van der Waals surface area contributed by atoms with E-state index in [4.69, 9.17) is 11.5 Å². The zero-order valence-corrected chi connectivity index (χ0v) is 12.8. The highest BCUT2D eigenvalue weighted by Gasteiger charge is 2.14. The van der Waals surface area contributed by atoms with E-state index in [0.29, 0.717) is 12.5 Å². The number of aliphatic imine (C=N–C) groups is 1. The van der Waals surface area contributed by atoms with E-state index in [1.807, 2.05) is 0 Å². The molecule has 0 fully saturated rings. The number of rotatable bonds is 6. The molecule has 0 saturated carbocycles. The number of nitrogens with two attached hydrogens (primary N) is 2. The van der Waals surface area contributed by atoms with Crippen LogP contribution in [0.3, 0.4) is 0 Å². The second-order valence-corrected chi connectivity index (χ2v) is 5.62. The van der Waals surface area contributed by atoms with Crippen molar-refractivity contribution < 1.29 is 0 Å². The van der Waals surface area contributed by atoms with E-state index in [1.54, 1.807) is 0 Å². The van der Waals surface area contributed by atoms with Crippen molar-refractivity contribution in [2.75, 3.05) is 27.2 Å². The molecule has 0 aliphatic heterocycles. The van der Waals surface area contributed by atoms with Crippen LogP contribution in [0.4, 0.5) is 0 Å². The lowest BCUT2D eigenvalue weighted by molar-refractivity contribution is 0.382. The Morgan fingerprint density at radius 2 is 1.81 bits per heavy atom. The normalized spacial score (nSPS) is 12.5. The molecule has 21 heavy (non-hydrogen) atoms. The van der Waals surface area contributed by atoms with Gasteiger partial charge in [-0.05, 0) is 43.4 Å². The first kappa shape index (κ1) is 15.3. The summed E-state index contributed by atoms with van der Waals surface area (Å²) in [6.45, 7) is 1.64. The van der Waals surface area contributed by atoms with Gasteiger partial charge in [0.2, 0.25) is 0 Å². The fourth-order valence-electron chi connectivity index (χ4n) is 2.58. The monoisotopic (exact) mass is 284 g/mol. The highest BCUT2D eigenvalue weighted by atomic mass is 15.0. The lowest BCUT2D eigenvalue weighted by atomic mass is 9.91. The molecule has 4 nitrogen and oxygen atoms in total. The lowest BCUT2D eigenvalue weighted by Crippen LogP contribution is -2.24. The summed E-state index contributed by atoms with van der Waals surface area (Å²) in [7, 11) is 4.17. The molecule has 0 amide bonds. The Morgan fingerprint density at radius 1 is 1.10 bits per heavy atom. The summed E-state index contributed by atoms with van der Waals surface area (Å²) in [5.74, 6) is 0.477. The Labute approximate surface area is 126 Å². The van der Waals surface area contributed by atoms with E-state index >= 15 is 0 Å². The van der Waals surface area contributed by atoms with Gasteiger partial charge in [0.05, 0.1) is 0 Å². The van der Waals surface area contributed by atoms with Crippen LogP contribution < -0.4 is 11.5 Å². The summed E-state index contributed by atoms with van der Waals surface area (Å²) < 4.78 is 0. The largest absolute Gasteiger partial charge is 0.370 e. The minimum Gasteiger partial charge on any atom is -0.370 e. The van der Waals surface area contributed by atoms with Crippen molar-refractivity contribution in [3.05, 3.63) is 48.0 Å². The second kappa shape index (κ2) is 7.09. The van der Waals surface area contributed by atoms with E-state index in [2.05, 4.69) is 66.5 Å². The summed E-state index contributed by atoms with van der Waals surface area (Å²) in [5, 5.41) is 2.55. The van der Waals surface area contributed by atoms with Crippen LogP contribution >= 0.6 is 0 Å². The van der Waals surface area contributed by atoms with Crippen molar-refractivity contribution in [3.63, 3.8) is 0 Å². The predicted octanol–water partition coefficient (Wildman–Crippen LogP) is 2.15. The Bertz CT molecular complexity index is 610. The zero-order valence-electron chi connectivity index (χ0n) is 12.8. The Hall–Kier alpha value is -2.07. The number of nitrogens with zero attached hydrogens (tertiary/aromatic N) is 2. The van der Waals surface area contributed by atoms with Crippen molar-refractivity contribution in [2.45, 2.75) is 12.3 Å². The maximum absolute atomic E-state index is 5.50. The van der Waals surface area contributed by atoms with Crippen LogP contribution in [0, 0.1) is 0 Å². The van der Waals surface area contributed by atoms with Gasteiger partial charge in [-0.25, -0.2) is 0 Å². The molecule has 0 saturated heterocycles. The number of guanidine groups is 1. The molecule has 4 N–H and O–H groups in total. The Balaban J connectivity index is 2.35. The molecule has 0 aliphatic carbocycles. The van der Waals surface area contributed by atoms with Gasteiger partial charge in [0.1, 0.15) is 0 Å². The molecule has 0 spiro atoms. The van der Waals surface area contributed by atoms with Crippen LogP contribution in [0.15, 0.2) is 47.5 Å². The van der Waals surface area contributed by atoms with E-state index < -0.39 is 0 Å². The van der Waals surface area contributed by atoms with Crippen LogP contribution in [-0.2, 0) is 0 Å². The van der Waals surface area contributed by atoms with Crippen LogP contribution in [0.1, 0.15) is 17.9 Å². The van der Waals surface area contributed by atoms with Gasteiger partial charge in [0, 0.05) is 12.5 Å². The number of hydrogen-bond acceptors (Lipinski definition) is 2. The molecule has 0 radical (unpaired) electrons. The maximum Gasteiger partial charge on any atom is 0.185 e. The van der Waals surface area contributed by atoms with E-state index in [9.17, 15) is 0 Å². The molecule has 2 aromatic rings. The number of hydrogen-bond donors (Lipinski definition) is 2. The van der Waals surface area contributed by atoms with Gasteiger partial charge in [-0.1, -0.05) is 42.5 Å². The second-order valence-electron chi connectivity index (χ2n) is 5.62. The molecule has 2 aromatic carbocycles. The standard InChI is InChI=1S/C17H24N4/c1-21(2)11-10-14(12-20-17(18)19)16-9-5-7-13-6-3-4-8-15(13)16/h3-9,14H,10-12H2,1-2H3,(H4,18,19,20). The van der Waals surface area contributed by atoms with E-state index in [-0.39, 0.29) is 5.96 Å². The van der Waals surface area contributed by atoms with Gasteiger partial charge in [-0.3, -0.25) is 4.99 Å². The van der Waals surface area contributed by atoms with Gasteiger partial charge >= 0.3 is 0 Å². The molecule has 2 rings (SSSR count). The van der Waals surface area contributed by atoms with E-state index in [1.165, 1.54) is 16.3 Å². The van der Waals surface area contributed by atoms with Gasteiger partial charge in [0.25, 0.3) is 0 Å². The summed E-state index contributed by atoms with van der Waals surface area (Å²) >= 11 is 0. The van der Waals surface area contributed by atoms with Crippen LogP contribution in [0.5, 0.6) is 0 Å². The van der Waals surface area contributed by atoms with Crippen molar-refractivity contribution in [2.24, 2.45) is 16.5 Å². The Morgan fingerprint density at radius 3 is 2.52 bits per heavy atom. The fourth-order valence-corrected chi connectivity index (χ4v) is 2.58. The molecule has 0 aromatic heterocycles. The average molecular weight is 284 g/mol. The highest BCUT2D eigenvalue weighted by Crippen LogP contribution is 2.28. The molecular weight excluding hydrogens is 260 g/mol. The first-order chi connectivity index (χ1) is 10.1. The van der Waals surface area contributed by atoms with Crippen molar-refractivity contribution in [3.8, 4) is 0 Å². The third-order valence-corrected chi connectivity index (χ3v) is 3.68. The number of fused-ring (bicyclic) bond motifs is 1. The van der Waals surface area contributed by atoms with Gasteiger partial charge in [0.15, 0.2) is 5.96 Å². The average Bonchev–Trinajstić information content (AvgIpc) is 2.46. The first-order valence-corrected chi connectivity index (χ1v) is 7.25. The van der Waals surface area contributed by atoms with Crippen molar-refractivity contribution in [1.82, 2.24) is 4.90 Å². The molecule has 112 valence electrons. The fraction of sp³-hybridized carbons (Fsp3) is 0.353. The first-order valence-electron chi connectivity index (χ1n) is 7.25. The molecule has 1 unspecified atom stereocenters. The van der Waals surface area contributed by atoms with Gasteiger partial charge < -0.3 is 16.4 Å². The topological polar surface area (TPSA) is 67.6 Å². The summed E-state index contributed by atoms with van der Waals surface area (Å²) in [6, 6.07) is 14.9. The summed E-state index contributed by atoms with van der Waals surface area (Å²) in [4.78, 5) is 6.43. The Kier molecular flexibility index (Phi) is 5.17. The van der Waals surface area contributed by atoms with Crippen LogP contribution in [0.25, 0.3) is 10.8 Å². The predicted molar refractivity (Wildman–Crippen MR) is 90.5 cm³/mol. The van der Waals surface area contributed by atoms with Gasteiger partial charge in [-0.2, -0.15) is 0 Å². The quantitative estimate of drug-likeness (QED) is 0.631. The molecule has 4 heteroatoms. The smallest absolute Gasteiger partial charge is 0.185 e. The molecule has 0 bridgehead atoms. The SMILES string of the molecule is CN(C)CCC(CN=C(N)N)c1cccc2ccccc12. The van der Waals surface area contributed by atoms with Crippen molar-refractivity contribution >= 4 is 16.7 Å². The minimum absolute atomic E-state index is 0.157. The third-order valence-electron chi connectivity index (χ3n) is 3.68. The van der Waals surface area contributed by atoms with Crippen LogP contribution in [0.2, 0.25) is 0 Å². The third kappa shape index (κ3) is 4.20. The van der Waals surface area contributed by atoms with Crippen molar-refractivity contribution in [1.29, 1.82) is 0 Å². The minimum atomic E-state index is 0.157.